The molecular weight excluding hydrogens is 577 g/mol. The lowest BCUT2D eigenvalue weighted by molar-refractivity contribution is -0.192. The number of carbonyl (C=O) groups is 2. The summed E-state index contributed by atoms with van der Waals surface area (Å²) in [6, 6.07) is 10.6. The van der Waals surface area contributed by atoms with Gasteiger partial charge in [-0.25, -0.2) is 13.2 Å². The highest BCUT2D eigenvalue weighted by Crippen LogP contribution is 2.28. The van der Waals surface area contributed by atoms with Gasteiger partial charge in [0, 0.05) is 50.7 Å². The lowest BCUT2D eigenvalue weighted by Gasteiger charge is -2.31. The topological polar surface area (TPSA) is 137 Å². The summed E-state index contributed by atoms with van der Waals surface area (Å²) in [7, 11) is -3.78. The number of hydrogen-bond donors (Lipinski definition) is 4. The van der Waals surface area contributed by atoms with Crippen LogP contribution in [0.4, 0.5) is 24.5 Å². The fourth-order valence-electron chi connectivity index (χ4n) is 5.16. The molecule has 230 valence electrons. The Kier molecular flexibility index (Phi) is 10.3. The van der Waals surface area contributed by atoms with E-state index in [1.807, 2.05) is 12.1 Å². The summed E-state index contributed by atoms with van der Waals surface area (Å²) in [5, 5.41) is 13.4. The molecule has 3 aliphatic rings. The molecule has 2 aromatic rings. The Bertz CT molecular complexity index is 1370. The van der Waals surface area contributed by atoms with Gasteiger partial charge in [-0.05, 0) is 80.0 Å². The minimum Gasteiger partial charge on any atom is -0.475 e. The number of piperazine rings is 1. The number of benzene rings is 2. The highest BCUT2D eigenvalue weighted by Gasteiger charge is 2.38. The Hall–Kier alpha value is -3.36. The Morgan fingerprint density at radius 3 is 2.36 bits per heavy atom. The van der Waals surface area contributed by atoms with Crippen LogP contribution in [0.1, 0.15) is 47.2 Å². The Morgan fingerprint density at radius 1 is 1.02 bits per heavy atom. The molecule has 2 heterocycles. The lowest BCUT2D eigenvalue weighted by atomic mass is 9.92. The number of halogens is 3. The van der Waals surface area contributed by atoms with Crippen molar-refractivity contribution in [2.24, 2.45) is 0 Å². The molecule has 1 amide bonds. The monoisotopic (exact) mass is 612 g/mol. The number of amides is 1. The van der Waals surface area contributed by atoms with Gasteiger partial charge in [-0.2, -0.15) is 13.2 Å². The van der Waals surface area contributed by atoms with Crippen molar-refractivity contribution in [2.75, 3.05) is 49.0 Å². The van der Waals surface area contributed by atoms with E-state index in [-0.39, 0.29) is 16.9 Å². The molecule has 10 nitrogen and oxygen atoms in total. The largest absolute Gasteiger partial charge is 0.490 e. The highest BCUT2D eigenvalue weighted by atomic mass is 32.2. The smallest absolute Gasteiger partial charge is 0.475 e. The van der Waals surface area contributed by atoms with Crippen molar-refractivity contribution >= 4 is 33.3 Å². The predicted molar refractivity (Wildman–Crippen MR) is 150 cm³/mol. The van der Waals surface area contributed by atoms with Gasteiger partial charge < -0.3 is 25.4 Å². The maximum Gasteiger partial charge on any atom is 0.490 e. The summed E-state index contributed by atoms with van der Waals surface area (Å²) in [5.41, 5.74) is 4.01. The van der Waals surface area contributed by atoms with Gasteiger partial charge in [-0.3, -0.25) is 9.52 Å². The van der Waals surface area contributed by atoms with E-state index in [4.69, 9.17) is 14.6 Å². The first-order chi connectivity index (χ1) is 19.9. The van der Waals surface area contributed by atoms with Crippen LogP contribution in [0.3, 0.4) is 0 Å². The van der Waals surface area contributed by atoms with Gasteiger partial charge in [0.2, 0.25) is 0 Å². The number of carboxylic acid groups (broad SMARTS) is 1. The number of ether oxygens (including phenoxy) is 1. The van der Waals surface area contributed by atoms with Gasteiger partial charge in [0.1, 0.15) is 0 Å². The molecule has 2 saturated heterocycles. The van der Waals surface area contributed by atoms with Crippen LogP contribution >= 0.6 is 0 Å². The minimum absolute atomic E-state index is 0.0345. The summed E-state index contributed by atoms with van der Waals surface area (Å²) in [6.07, 6.45) is 1.04. The number of aliphatic carboxylic acids is 1. The van der Waals surface area contributed by atoms with Crippen LogP contribution in [0.15, 0.2) is 41.3 Å². The second-order valence-electron chi connectivity index (χ2n) is 10.4. The zero-order chi connectivity index (χ0) is 30.3. The van der Waals surface area contributed by atoms with Crippen LogP contribution in [0.2, 0.25) is 0 Å². The Balaban J connectivity index is 0.000000517. The molecule has 2 aromatic carbocycles. The molecule has 1 atom stereocenters. The number of sulfonamides is 1. The maximum absolute atomic E-state index is 13.2. The molecule has 5 rings (SSSR count). The summed E-state index contributed by atoms with van der Waals surface area (Å²) >= 11 is 0. The summed E-state index contributed by atoms with van der Waals surface area (Å²) < 4.78 is 66.5. The van der Waals surface area contributed by atoms with Gasteiger partial charge >= 0.3 is 12.1 Å². The van der Waals surface area contributed by atoms with Crippen molar-refractivity contribution < 1.29 is 41.0 Å². The second kappa shape index (κ2) is 13.7. The molecule has 0 bridgehead atoms. The maximum atomic E-state index is 13.2. The van der Waals surface area contributed by atoms with E-state index >= 15 is 0 Å². The van der Waals surface area contributed by atoms with Crippen molar-refractivity contribution in [3.05, 3.63) is 53.1 Å². The Morgan fingerprint density at radius 2 is 1.71 bits per heavy atom. The van der Waals surface area contributed by atoms with E-state index < -0.39 is 22.2 Å². The van der Waals surface area contributed by atoms with Gasteiger partial charge in [0.05, 0.1) is 16.6 Å². The number of hydrogen-bond acceptors (Lipinski definition) is 7. The van der Waals surface area contributed by atoms with Crippen molar-refractivity contribution in [1.82, 2.24) is 10.6 Å². The van der Waals surface area contributed by atoms with E-state index in [0.29, 0.717) is 17.8 Å². The number of aryl methyl sites for hydroxylation is 2. The van der Waals surface area contributed by atoms with Crippen LogP contribution in [-0.2, 0) is 32.4 Å². The quantitative estimate of drug-likeness (QED) is 0.374. The number of rotatable bonds is 7. The fraction of sp³-hybridized carbons (Fsp3) is 0.500. The van der Waals surface area contributed by atoms with E-state index in [2.05, 4.69) is 20.3 Å². The minimum atomic E-state index is -5.08. The standard InChI is InChI=1S/C26H34N4O4S.C2HF3O2/c31-26(28-18-22-6-3-15-34-22)24-17-21(8-10-25(24)30-13-11-27-12-14-30)29-35(32,33)23-9-7-19-4-1-2-5-20(19)16-23;3-2(4,5)1(6)7/h7-10,16-17,22,27,29H,1-6,11-15,18H2,(H,28,31);(H,6,7). The molecule has 2 aliphatic heterocycles. The molecule has 4 N–H and O–H groups in total. The molecule has 1 aliphatic carbocycles. The summed E-state index contributed by atoms with van der Waals surface area (Å²) in [4.78, 5) is 24.5. The third-order valence-corrected chi connectivity index (χ3v) is 8.72. The van der Waals surface area contributed by atoms with E-state index in [9.17, 15) is 26.4 Å². The zero-order valence-electron chi connectivity index (χ0n) is 23.0. The van der Waals surface area contributed by atoms with Crippen molar-refractivity contribution in [3.63, 3.8) is 0 Å². The number of anilines is 2. The second-order valence-corrected chi connectivity index (χ2v) is 12.0. The van der Waals surface area contributed by atoms with Gasteiger partial charge in [-0.15, -0.1) is 0 Å². The third-order valence-electron chi connectivity index (χ3n) is 7.34. The number of fused-ring (bicyclic) bond motifs is 1. The van der Waals surface area contributed by atoms with Gasteiger partial charge in [0.15, 0.2) is 0 Å². The SMILES string of the molecule is O=C(NCC1CCCO1)c1cc(NS(=O)(=O)c2ccc3c(c2)CCCC3)ccc1N1CCNCC1.O=C(O)C(F)(F)F. The molecule has 0 aromatic heterocycles. The molecule has 0 spiro atoms. The van der Waals surface area contributed by atoms with Crippen molar-refractivity contribution in [1.29, 1.82) is 0 Å². The van der Waals surface area contributed by atoms with E-state index in [0.717, 1.165) is 82.6 Å². The molecular formula is C28H35F3N4O6S. The predicted octanol–water partition coefficient (Wildman–Crippen LogP) is 3.32. The molecule has 42 heavy (non-hydrogen) atoms. The number of nitrogens with zero attached hydrogens (tertiary/aromatic N) is 1. The van der Waals surface area contributed by atoms with E-state index in [1.54, 1.807) is 24.3 Å². The molecule has 2 fully saturated rings. The Labute approximate surface area is 242 Å². The van der Waals surface area contributed by atoms with Crippen LogP contribution in [0.5, 0.6) is 0 Å². The summed E-state index contributed by atoms with van der Waals surface area (Å²) in [5.74, 6) is -2.98. The average Bonchev–Trinajstić information content (AvgIpc) is 3.49. The first-order valence-corrected chi connectivity index (χ1v) is 15.4. The number of nitrogens with one attached hydrogen (secondary N) is 3. The van der Waals surface area contributed by atoms with Gasteiger partial charge in [0.25, 0.3) is 15.9 Å². The number of carbonyl (C=O) groups excluding carboxylic acids is 1. The zero-order valence-corrected chi connectivity index (χ0v) is 23.8. The van der Waals surface area contributed by atoms with Crippen LogP contribution < -0.4 is 20.3 Å². The summed E-state index contributed by atoms with van der Waals surface area (Å²) in [6.45, 7) is 4.42. The first kappa shape index (κ1) is 31.6. The number of alkyl halides is 3. The normalized spacial score (nSPS) is 18.8. The highest BCUT2D eigenvalue weighted by molar-refractivity contribution is 7.92. The molecule has 14 heteroatoms. The van der Waals surface area contributed by atoms with Crippen LogP contribution in [0, 0.1) is 0 Å². The molecule has 0 saturated carbocycles. The molecule has 1 unspecified atom stereocenters. The fourth-order valence-corrected chi connectivity index (χ4v) is 6.26. The van der Waals surface area contributed by atoms with Crippen molar-refractivity contribution in [2.45, 2.75) is 55.7 Å². The van der Waals surface area contributed by atoms with Gasteiger partial charge in [-0.1, -0.05) is 6.07 Å². The number of carboxylic acids is 1. The molecule has 0 radical (unpaired) electrons. The van der Waals surface area contributed by atoms with Crippen LogP contribution in [-0.4, -0.2) is 77.0 Å². The van der Waals surface area contributed by atoms with E-state index in [1.165, 1.54) is 5.56 Å². The third kappa shape index (κ3) is 8.35. The van der Waals surface area contributed by atoms with Crippen LogP contribution in [0.25, 0.3) is 0 Å². The average molecular weight is 613 g/mol. The lowest BCUT2D eigenvalue weighted by Crippen LogP contribution is -2.44. The van der Waals surface area contributed by atoms with Crippen molar-refractivity contribution in [3.8, 4) is 0 Å². The first-order valence-electron chi connectivity index (χ1n) is 13.9.